The van der Waals surface area contributed by atoms with Gasteiger partial charge in [-0.15, -0.1) is 0 Å². The number of alkyl halides is 2. The Morgan fingerprint density at radius 2 is 2.09 bits per heavy atom. The van der Waals surface area contributed by atoms with Crippen molar-refractivity contribution in [2.75, 3.05) is 18.7 Å². The second kappa shape index (κ2) is 9.20. The van der Waals surface area contributed by atoms with Gasteiger partial charge >= 0.3 is 0 Å². The summed E-state index contributed by atoms with van der Waals surface area (Å²) >= 11 is 0. The van der Waals surface area contributed by atoms with Crippen LogP contribution in [-0.4, -0.2) is 34.2 Å². The Labute approximate surface area is 205 Å². The van der Waals surface area contributed by atoms with Gasteiger partial charge in [0.15, 0.2) is 17.7 Å². The molecule has 2 aromatic heterocycles. The Hall–Kier alpha value is -3.07. The van der Waals surface area contributed by atoms with Crippen molar-refractivity contribution < 1.29 is 38.5 Å². The fraction of sp³-hybridized carbons (Fsp3) is 0.391. The van der Waals surface area contributed by atoms with Gasteiger partial charge in [0, 0.05) is 48.3 Å². The molecule has 1 saturated heterocycles. The summed E-state index contributed by atoms with van der Waals surface area (Å²) in [5, 5.41) is 5.41. The van der Waals surface area contributed by atoms with Crippen molar-refractivity contribution in [1.82, 2.24) is 20.1 Å². The standard InChI is InChI=1S/C23H26F3N5O/c1-13-3-4-18(24)14(2)20(13)21(22(25)26)32-19-9-15(10-29-23(19)27)16-11-30-31(12-16)17-5-7-28-8-6-17/h3-4,9-12,17,21-22,28H,5-8H2,1-2H3,(H2,27,29)/i1D3,2D3,5D2,6D2,7D2,8D2,17D. The third-order valence-electron chi connectivity index (χ3n) is 4.48. The van der Waals surface area contributed by atoms with Crippen molar-refractivity contribution in [3.05, 3.63) is 59.3 Å². The number of benzene rings is 1. The molecule has 1 aliphatic rings. The highest BCUT2D eigenvalue weighted by atomic mass is 19.3. The lowest BCUT2D eigenvalue weighted by atomic mass is 9.97. The second-order valence-corrected chi connectivity index (χ2v) is 6.51. The van der Waals surface area contributed by atoms with Crippen LogP contribution in [0.1, 0.15) is 62.1 Å². The molecule has 3 heterocycles. The summed E-state index contributed by atoms with van der Waals surface area (Å²) in [5.41, 5.74) is 2.17. The first-order chi connectivity index (χ1) is 21.1. The highest BCUT2D eigenvalue weighted by Crippen LogP contribution is 2.36. The molecule has 1 fully saturated rings. The number of aryl methyl sites for hydroxylation is 1. The van der Waals surface area contributed by atoms with Gasteiger partial charge in [0.1, 0.15) is 5.82 Å². The highest BCUT2D eigenvalue weighted by molar-refractivity contribution is 5.66. The molecule has 32 heavy (non-hydrogen) atoms. The van der Waals surface area contributed by atoms with E-state index >= 15 is 0 Å². The Balaban J connectivity index is 1.85. The molecule has 0 radical (unpaired) electrons. The first-order valence-corrected chi connectivity index (χ1v) is 9.00. The first kappa shape index (κ1) is 10.2. The smallest absolute Gasteiger partial charge is 0.279 e. The molecular formula is C23H26F3N5O. The molecule has 1 atom stereocenters. The van der Waals surface area contributed by atoms with E-state index in [1.54, 1.807) is 5.32 Å². The number of aromatic nitrogens is 3. The third kappa shape index (κ3) is 4.43. The Morgan fingerprint density at radius 3 is 2.81 bits per heavy atom. The van der Waals surface area contributed by atoms with E-state index in [1.807, 2.05) is 0 Å². The van der Waals surface area contributed by atoms with Gasteiger partial charge < -0.3 is 15.8 Å². The molecule has 1 aliphatic heterocycles. The maximum atomic E-state index is 14.8. The molecule has 4 rings (SSSR count). The summed E-state index contributed by atoms with van der Waals surface area (Å²) in [5.74, 6) is -2.75. The molecule has 170 valence electrons. The van der Waals surface area contributed by atoms with Gasteiger partial charge in [-0.3, -0.25) is 4.68 Å². The fourth-order valence-corrected chi connectivity index (χ4v) is 2.92. The van der Waals surface area contributed by atoms with Crippen LogP contribution in [0.2, 0.25) is 0 Å². The number of rotatable bonds is 6. The Kier molecular flexibility index (Phi) is 2.94. The lowest BCUT2D eigenvalue weighted by Crippen LogP contribution is -2.29. The molecule has 6 nitrogen and oxygen atoms in total. The topological polar surface area (TPSA) is 78.0 Å². The van der Waals surface area contributed by atoms with Crippen LogP contribution < -0.4 is 15.8 Å². The van der Waals surface area contributed by atoms with Crippen molar-refractivity contribution in [3.63, 3.8) is 0 Å². The first-order valence-electron chi connectivity index (χ1n) is 16.5. The van der Waals surface area contributed by atoms with E-state index in [0.717, 1.165) is 24.7 Å². The number of ether oxygens (including phenoxy) is 1. The van der Waals surface area contributed by atoms with Crippen LogP contribution in [0, 0.1) is 19.5 Å². The maximum absolute atomic E-state index is 14.8. The highest BCUT2D eigenvalue weighted by Gasteiger charge is 2.30. The minimum Gasteiger partial charge on any atom is -0.476 e. The van der Waals surface area contributed by atoms with Crippen molar-refractivity contribution in [3.8, 4) is 16.9 Å². The van der Waals surface area contributed by atoms with Crippen LogP contribution in [0.15, 0.2) is 36.8 Å². The zero-order chi connectivity index (χ0) is 35.9. The summed E-state index contributed by atoms with van der Waals surface area (Å²) in [7, 11) is 0. The van der Waals surface area contributed by atoms with E-state index < -0.39 is 92.1 Å². The Bertz CT molecular complexity index is 1650. The largest absolute Gasteiger partial charge is 0.476 e. The number of nitrogens with zero attached hydrogens (tertiary/aromatic N) is 3. The van der Waals surface area contributed by atoms with Crippen LogP contribution in [0.3, 0.4) is 0 Å². The van der Waals surface area contributed by atoms with Gasteiger partial charge in [-0.25, -0.2) is 18.2 Å². The number of pyridine rings is 1. The number of nitrogens with one attached hydrogen (secondary N) is 1. The van der Waals surface area contributed by atoms with E-state index in [2.05, 4.69) is 10.1 Å². The minimum absolute atomic E-state index is 0.121. The summed E-state index contributed by atoms with van der Waals surface area (Å²) in [6.45, 7) is -13.2. The number of nitrogen functional groups attached to an aromatic ring is 1. The summed E-state index contributed by atoms with van der Waals surface area (Å²) in [6, 6.07) is -1.29. The van der Waals surface area contributed by atoms with Crippen molar-refractivity contribution in [2.45, 2.75) is 45.0 Å². The summed E-state index contributed by atoms with van der Waals surface area (Å²) in [6.07, 6.45) is -10.5. The Morgan fingerprint density at radius 1 is 1.28 bits per heavy atom. The maximum Gasteiger partial charge on any atom is 0.279 e. The van der Waals surface area contributed by atoms with Gasteiger partial charge in [-0.05, 0) is 62.7 Å². The molecule has 0 spiro atoms. The van der Waals surface area contributed by atoms with Gasteiger partial charge in [-0.2, -0.15) is 5.10 Å². The normalized spacial score (nSPS) is 30.8. The van der Waals surface area contributed by atoms with Crippen LogP contribution >= 0.6 is 0 Å². The molecule has 0 amide bonds. The molecular weight excluding hydrogens is 419 g/mol. The van der Waals surface area contributed by atoms with Gasteiger partial charge in [0.2, 0.25) is 0 Å². The van der Waals surface area contributed by atoms with Crippen molar-refractivity contribution in [1.29, 1.82) is 0 Å². The summed E-state index contributed by atoms with van der Waals surface area (Å²) < 4.78 is 170. The SMILES string of the molecule is [2H]C([2H])([2H])c1ccc(F)c(C([2H])([2H])[2H])c1C(Oc1cc(-c2cnn(C3([2H])C([2H])([2H])C([2H])([2H])NC([2H])([2H])C3([2H])[2H])c2)cnc1N)C(F)F. The molecule has 0 bridgehead atoms. The van der Waals surface area contributed by atoms with E-state index in [-0.39, 0.29) is 11.1 Å². The zero-order valence-electron chi connectivity index (χ0n) is 31.1. The summed E-state index contributed by atoms with van der Waals surface area (Å²) in [4.78, 5) is 3.81. The lowest BCUT2D eigenvalue weighted by Gasteiger charge is -2.23. The van der Waals surface area contributed by atoms with Crippen LogP contribution in [-0.2, 0) is 0 Å². The second-order valence-electron chi connectivity index (χ2n) is 6.51. The van der Waals surface area contributed by atoms with Gasteiger partial charge in [0.25, 0.3) is 6.43 Å². The fourth-order valence-electron chi connectivity index (χ4n) is 2.92. The number of halogens is 3. The quantitative estimate of drug-likeness (QED) is 0.562. The molecule has 1 unspecified atom stereocenters. The van der Waals surface area contributed by atoms with Crippen LogP contribution in [0.5, 0.6) is 5.75 Å². The number of nitrogens with two attached hydrogens (primary N) is 1. The third-order valence-corrected chi connectivity index (χ3v) is 4.48. The predicted octanol–water partition coefficient (Wildman–Crippen LogP) is 4.59. The van der Waals surface area contributed by atoms with E-state index in [1.165, 1.54) is 0 Å². The average Bonchev–Trinajstić information content (AvgIpc) is 3.39. The molecule has 0 saturated carbocycles. The van der Waals surface area contributed by atoms with Crippen molar-refractivity contribution >= 4 is 5.82 Å². The predicted molar refractivity (Wildman–Crippen MR) is 116 cm³/mol. The minimum atomic E-state index is -3.65. The van der Waals surface area contributed by atoms with Crippen molar-refractivity contribution in [2.24, 2.45) is 0 Å². The zero-order valence-corrected chi connectivity index (χ0v) is 16.1. The monoisotopic (exact) mass is 460 g/mol. The molecule has 3 aromatic rings. The van der Waals surface area contributed by atoms with E-state index in [9.17, 15) is 13.2 Å². The van der Waals surface area contributed by atoms with Gasteiger partial charge in [-0.1, -0.05) is 6.07 Å². The molecule has 9 heteroatoms. The van der Waals surface area contributed by atoms with E-state index in [0.29, 0.717) is 16.8 Å². The number of anilines is 1. The lowest BCUT2D eigenvalue weighted by molar-refractivity contribution is 0.00988. The molecule has 1 aromatic carbocycles. The molecule has 0 aliphatic carbocycles. The number of hydrogen-bond donors (Lipinski definition) is 2. The average molecular weight is 461 g/mol. The van der Waals surface area contributed by atoms with Gasteiger partial charge in [0.05, 0.1) is 13.6 Å². The van der Waals surface area contributed by atoms with E-state index in [4.69, 9.17) is 31.0 Å². The van der Waals surface area contributed by atoms with Crippen LogP contribution in [0.4, 0.5) is 19.0 Å². The number of piperidine rings is 1. The number of hydrogen-bond acceptors (Lipinski definition) is 5. The van der Waals surface area contributed by atoms with Crippen LogP contribution in [0.25, 0.3) is 11.1 Å². The molecule has 3 N–H and O–H groups in total.